The van der Waals surface area contributed by atoms with Crippen molar-refractivity contribution < 1.29 is 13.9 Å². The van der Waals surface area contributed by atoms with Gasteiger partial charge in [0.1, 0.15) is 11.5 Å². The zero-order valence-corrected chi connectivity index (χ0v) is 10.8. The van der Waals surface area contributed by atoms with E-state index < -0.39 is 0 Å². The Hall–Kier alpha value is -2.42. The topological polar surface area (TPSA) is 31.6 Å². The second-order valence-electron chi connectivity index (χ2n) is 4.22. The van der Waals surface area contributed by atoms with Gasteiger partial charge in [0.25, 0.3) is 0 Å². The second kappa shape index (κ2) is 4.69. The molecule has 0 N–H and O–H groups in total. The van der Waals surface area contributed by atoms with Crippen molar-refractivity contribution in [1.82, 2.24) is 0 Å². The molecule has 0 radical (unpaired) electrons. The van der Waals surface area contributed by atoms with Gasteiger partial charge in [-0.2, -0.15) is 0 Å². The van der Waals surface area contributed by atoms with Crippen LogP contribution in [0.1, 0.15) is 0 Å². The average Bonchev–Trinajstić information content (AvgIpc) is 2.91. The summed E-state index contributed by atoms with van der Waals surface area (Å²) in [6, 6.07) is 15.7. The molecule has 0 aliphatic heterocycles. The van der Waals surface area contributed by atoms with E-state index in [1.807, 2.05) is 48.5 Å². The fraction of sp³-hybridized carbons (Fsp3) is 0.125. The van der Waals surface area contributed by atoms with Crippen molar-refractivity contribution in [3.05, 3.63) is 48.5 Å². The predicted octanol–water partition coefficient (Wildman–Crippen LogP) is 4.12. The van der Waals surface area contributed by atoms with Crippen molar-refractivity contribution in [2.45, 2.75) is 0 Å². The van der Waals surface area contributed by atoms with Gasteiger partial charge in [-0.25, -0.2) is 0 Å². The molecule has 0 aliphatic carbocycles. The summed E-state index contributed by atoms with van der Waals surface area (Å²) >= 11 is 0. The standard InChI is InChI=1S/C16H14O3/c1-17-13-8-6-11(7-9-13)15-10-12-4-3-5-14(18-2)16(12)19-15/h3-10H,1-2H3. The monoisotopic (exact) mass is 254 g/mol. The van der Waals surface area contributed by atoms with Gasteiger partial charge in [0.05, 0.1) is 14.2 Å². The predicted molar refractivity (Wildman–Crippen MR) is 74.8 cm³/mol. The first kappa shape index (κ1) is 11.7. The lowest BCUT2D eigenvalue weighted by Crippen LogP contribution is -1.81. The Labute approximate surface area is 111 Å². The maximum absolute atomic E-state index is 5.88. The maximum atomic E-state index is 5.88. The lowest BCUT2D eigenvalue weighted by atomic mass is 10.1. The number of hydrogen-bond acceptors (Lipinski definition) is 3. The molecule has 0 fully saturated rings. The maximum Gasteiger partial charge on any atom is 0.176 e. The Morgan fingerprint density at radius 2 is 1.68 bits per heavy atom. The van der Waals surface area contributed by atoms with Crippen LogP contribution in [0.5, 0.6) is 11.5 Å². The number of hydrogen-bond donors (Lipinski definition) is 0. The van der Waals surface area contributed by atoms with Crippen LogP contribution in [0, 0.1) is 0 Å². The molecule has 0 unspecified atom stereocenters. The van der Waals surface area contributed by atoms with Crippen LogP contribution in [0.3, 0.4) is 0 Å². The van der Waals surface area contributed by atoms with Gasteiger partial charge in [0.15, 0.2) is 11.3 Å². The molecular weight excluding hydrogens is 240 g/mol. The number of ether oxygens (including phenoxy) is 2. The van der Waals surface area contributed by atoms with Gasteiger partial charge in [-0.3, -0.25) is 0 Å². The van der Waals surface area contributed by atoms with E-state index in [4.69, 9.17) is 13.9 Å². The number of methoxy groups -OCH3 is 2. The number of fused-ring (bicyclic) bond motifs is 1. The smallest absolute Gasteiger partial charge is 0.176 e. The summed E-state index contributed by atoms with van der Waals surface area (Å²) in [5.41, 5.74) is 1.79. The Bertz CT molecular complexity index is 696. The summed E-state index contributed by atoms with van der Waals surface area (Å²) < 4.78 is 16.3. The van der Waals surface area contributed by atoms with Gasteiger partial charge < -0.3 is 13.9 Å². The van der Waals surface area contributed by atoms with E-state index in [0.29, 0.717) is 0 Å². The summed E-state index contributed by atoms with van der Waals surface area (Å²) in [6.45, 7) is 0. The molecule has 2 aromatic carbocycles. The highest BCUT2D eigenvalue weighted by atomic mass is 16.5. The van der Waals surface area contributed by atoms with Crippen LogP contribution in [0.15, 0.2) is 52.9 Å². The fourth-order valence-electron chi connectivity index (χ4n) is 2.09. The van der Waals surface area contributed by atoms with Gasteiger partial charge in [-0.1, -0.05) is 12.1 Å². The Morgan fingerprint density at radius 1 is 0.895 bits per heavy atom. The van der Waals surface area contributed by atoms with Crippen molar-refractivity contribution in [3.63, 3.8) is 0 Å². The highest BCUT2D eigenvalue weighted by molar-refractivity contribution is 5.87. The van der Waals surface area contributed by atoms with Crippen molar-refractivity contribution in [3.8, 4) is 22.8 Å². The van der Waals surface area contributed by atoms with E-state index in [2.05, 4.69) is 0 Å². The molecule has 3 heteroatoms. The van der Waals surface area contributed by atoms with Crippen LogP contribution in [0.2, 0.25) is 0 Å². The second-order valence-corrected chi connectivity index (χ2v) is 4.22. The SMILES string of the molecule is COc1ccc(-c2cc3cccc(OC)c3o2)cc1. The first-order chi connectivity index (χ1) is 9.31. The summed E-state index contributed by atoms with van der Waals surface area (Å²) in [7, 11) is 3.30. The highest BCUT2D eigenvalue weighted by Gasteiger charge is 2.09. The van der Waals surface area contributed by atoms with E-state index in [0.717, 1.165) is 33.8 Å². The molecule has 0 atom stereocenters. The van der Waals surface area contributed by atoms with Crippen LogP contribution >= 0.6 is 0 Å². The number of rotatable bonds is 3. The van der Waals surface area contributed by atoms with Crippen LogP contribution in [-0.2, 0) is 0 Å². The van der Waals surface area contributed by atoms with E-state index in [9.17, 15) is 0 Å². The summed E-state index contributed by atoms with van der Waals surface area (Å²) in [4.78, 5) is 0. The number of para-hydroxylation sites is 1. The molecule has 0 bridgehead atoms. The van der Waals surface area contributed by atoms with E-state index >= 15 is 0 Å². The molecule has 3 nitrogen and oxygen atoms in total. The number of furan rings is 1. The minimum Gasteiger partial charge on any atom is -0.497 e. The summed E-state index contributed by atoms with van der Waals surface area (Å²) in [5.74, 6) is 2.40. The lowest BCUT2D eigenvalue weighted by Gasteiger charge is -2.01. The minimum absolute atomic E-state index is 0.747. The fourth-order valence-corrected chi connectivity index (χ4v) is 2.09. The molecule has 0 spiro atoms. The van der Waals surface area contributed by atoms with Crippen molar-refractivity contribution in [2.75, 3.05) is 14.2 Å². The van der Waals surface area contributed by atoms with Gasteiger partial charge in [-0.15, -0.1) is 0 Å². The molecule has 0 saturated carbocycles. The first-order valence-electron chi connectivity index (χ1n) is 6.03. The third-order valence-electron chi connectivity index (χ3n) is 3.10. The molecule has 1 heterocycles. The third-order valence-corrected chi connectivity index (χ3v) is 3.10. The van der Waals surface area contributed by atoms with Crippen molar-refractivity contribution >= 4 is 11.0 Å². The molecule has 19 heavy (non-hydrogen) atoms. The zero-order valence-electron chi connectivity index (χ0n) is 10.8. The van der Waals surface area contributed by atoms with E-state index in [1.54, 1.807) is 14.2 Å². The summed E-state index contributed by atoms with van der Waals surface area (Å²) in [5, 5.41) is 1.03. The molecule has 96 valence electrons. The quantitative estimate of drug-likeness (QED) is 0.704. The van der Waals surface area contributed by atoms with Gasteiger partial charge >= 0.3 is 0 Å². The molecule has 3 aromatic rings. The van der Waals surface area contributed by atoms with Crippen LogP contribution in [-0.4, -0.2) is 14.2 Å². The molecule has 1 aromatic heterocycles. The van der Waals surface area contributed by atoms with Crippen molar-refractivity contribution in [2.24, 2.45) is 0 Å². The Morgan fingerprint density at radius 3 is 2.37 bits per heavy atom. The van der Waals surface area contributed by atoms with Gasteiger partial charge in [0, 0.05) is 10.9 Å². The highest BCUT2D eigenvalue weighted by Crippen LogP contribution is 2.33. The average molecular weight is 254 g/mol. The summed E-state index contributed by atoms with van der Waals surface area (Å²) in [6.07, 6.45) is 0. The number of benzene rings is 2. The molecular formula is C16H14O3. The van der Waals surface area contributed by atoms with Gasteiger partial charge in [-0.05, 0) is 36.4 Å². The van der Waals surface area contributed by atoms with Gasteiger partial charge in [0.2, 0.25) is 0 Å². The third kappa shape index (κ3) is 2.03. The van der Waals surface area contributed by atoms with Crippen LogP contribution in [0.25, 0.3) is 22.3 Å². The van der Waals surface area contributed by atoms with E-state index in [-0.39, 0.29) is 0 Å². The largest absolute Gasteiger partial charge is 0.497 e. The van der Waals surface area contributed by atoms with Crippen LogP contribution < -0.4 is 9.47 Å². The molecule has 3 rings (SSSR count). The van der Waals surface area contributed by atoms with Crippen molar-refractivity contribution in [1.29, 1.82) is 0 Å². The first-order valence-corrected chi connectivity index (χ1v) is 6.03. The van der Waals surface area contributed by atoms with Crippen LogP contribution in [0.4, 0.5) is 0 Å². The Balaban J connectivity index is 2.09. The molecule has 0 amide bonds. The lowest BCUT2D eigenvalue weighted by molar-refractivity contribution is 0.411. The van der Waals surface area contributed by atoms with E-state index in [1.165, 1.54) is 0 Å². The normalized spacial score (nSPS) is 10.6. The zero-order chi connectivity index (χ0) is 13.2. The Kier molecular flexibility index (Phi) is 2.88. The molecule has 0 aliphatic rings. The molecule has 0 saturated heterocycles. The minimum atomic E-state index is 0.747.